The maximum Gasteiger partial charge on any atom is 0.407 e. The molecule has 0 aliphatic carbocycles. The van der Waals surface area contributed by atoms with Crippen LogP contribution in [0, 0.1) is 0 Å². The number of alkyl carbamates (subject to hydrolysis) is 1. The molecule has 0 radical (unpaired) electrons. The molecule has 2 aliphatic heterocycles. The molecule has 7 amide bonds. The van der Waals surface area contributed by atoms with Crippen LogP contribution in [0.4, 0.5) is 22.1 Å². The number of benzene rings is 5. The van der Waals surface area contributed by atoms with Gasteiger partial charge in [0.15, 0.2) is 21.9 Å². The van der Waals surface area contributed by atoms with Crippen LogP contribution in [0.15, 0.2) is 116 Å². The van der Waals surface area contributed by atoms with Crippen molar-refractivity contribution >= 4 is 111 Å². The Bertz CT molecular complexity index is 4840. The average Bonchev–Trinajstić information content (AvgIpc) is 1.58. The van der Waals surface area contributed by atoms with E-state index in [0.29, 0.717) is 70.0 Å². The summed E-state index contributed by atoms with van der Waals surface area (Å²) in [7, 11) is 0. The van der Waals surface area contributed by atoms with Gasteiger partial charge < -0.3 is 104 Å². The number of amides is 7. The van der Waals surface area contributed by atoms with Crippen molar-refractivity contribution in [2.75, 3.05) is 42.6 Å². The highest BCUT2D eigenvalue weighted by Crippen LogP contribution is 2.57. The van der Waals surface area contributed by atoms with E-state index in [9.17, 15) is 83.4 Å². The van der Waals surface area contributed by atoms with E-state index in [0.717, 1.165) is 0 Å². The first-order valence-electron chi connectivity index (χ1n) is 34.5. The molecule has 1 spiro atoms. The highest BCUT2D eigenvalue weighted by atomic mass is 32.1. The lowest BCUT2D eigenvalue weighted by atomic mass is 9.77. The number of aromatic nitrogens is 7. The summed E-state index contributed by atoms with van der Waals surface area (Å²) in [5, 5.41) is 94.4. The number of nitrogens with zero attached hydrogens (tertiary/aromatic N) is 7. The highest BCUT2D eigenvalue weighted by Gasteiger charge is 2.54. The number of unbranched alkanes of at least 4 members (excludes halogenated alkanes) is 1. The Morgan fingerprint density at radius 1 is 0.622 bits per heavy atom. The van der Waals surface area contributed by atoms with Gasteiger partial charge in [0.25, 0.3) is 11.8 Å². The molecule has 0 saturated heterocycles. The first-order valence-corrected chi connectivity index (χ1v) is 35.0. The highest BCUT2D eigenvalue weighted by molar-refractivity contribution is 7.80. The molecular formula is C72H76N18O20S. The molecule has 10 rings (SSSR count). The third kappa shape index (κ3) is 21.1. The normalized spacial score (nSPS) is 13.4. The van der Waals surface area contributed by atoms with Crippen molar-refractivity contribution in [1.29, 1.82) is 0 Å². The van der Waals surface area contributed by atoms with E-state index in [4.69, 9.17) is 32.2 Å². The molecule has 3 aromatic heterocycles. The summed E-state index contributed by atoms with van der Waals surface area (Å²) in [6.07, 6.45) is 0.363. The maximum absolute atomic E-state index is 13.6. The lowest BCUT2D eigenvalue weighted by molar-refractivity contribution is -0.144. The van der Waals surface area contributed by atoms with Crippen LogP contribution in [-0.2, 0) is 61.6 Å². The van der Waals surface area contributed by atoms with E-state index < -0.39 is 120 Å². The number of carbonyl (C=O) groups excluding carboxylic acids is 8. The number of carbonyl (C=O) groups is 11. The average molecular weight is 1550 g/mol. The fourth-order valence-electron chi connectivity index (χ4n) is 11.9. The first kappa shape index (κ1) is 79.7. The predicted octanol–water partition coefficient (Wildman–Crippen LogP) is 3.02. The minimum Gasteiger partial charge on any atom is -0.508 e. The third-order valence-electron chi connectivity index (χ3n) is 17.3. The molecule has 5 atom stereocenters. The Hall–Kier alpha value is -13.9. The topological polar surface area (TPSA) is 565 Å². The van der Waals surface area contributed by atoms with Crippen molar-refractivity contribution in [3.8, 4) is 34.6 Å². The number of hydrogen-bond acceptors (Lipinski definition) is 26. The van der Waals surface area contributed by atoms with Gasteiger partial charge in [0.05, 0.1) is 67.4 Å². The van der Waals surface area contributed by atoms with Gasteiger partial charge in [-0.3, -0.25) is 43.2 Å². The number of phenolic OH excluding ortho intramolecular Hbond substituents is 2. The van der Waals surface area contributed by atoms with Crippen molar-refractivity contribution in [3.05, 3.63) is 160 Å². The molecule has 38 nitrogen and oxygen atoms in total. The molecule has 18 N–H and O–H groups in total. The Morgan fingerprint density at radius 3 is 1.86 bits per heavy atom. The number of phenols is 2. The Balaban J connectivity index is 0.592. The van der Waals surface area contributed by atoms with Gasteiger partial charge in [0, 0.05) is 95.9 Å². The molecule has 111 heavy (non-hydrogen) atoms. The number of fused-ring (bicyclic) bond motifs is 7. The molecule has 2 aliphatic rings. The summed E-state index contributed by atoms with van der Waals surface area (Å²) in [6.45, 7) is 3.91. The molecule has 8 aromatic rings. The van der Waals surface area contributed by atoms with Crippen molar-refractivity contribution in [2.45, 2.75) is 114 Å². The lowest BCUT2D eigenvalue weighted by Crippen LogP contribution is -2.58. The van der Waals surface area contributed by atoms with E-state index >= 15 is 0 Å². The number of esters is 1. The van der Waals surface area contributed by atoms with Gasteiger partial charge in [-0.1, -0.05) is 11.3 Å². The molecule has 39 heteroatoms. The summed E-state index contributed by atoms with van der Waals surface area (Å²) in [5.74, 6) is -10.9. The number of carboxylic acids is 3. The van der Waals surface area contributed by atoms with Crippen LogP contribution in [0.25, 0.3) is 16.9 Å². The third-order valence-corrected chi connectivity index (χ3v) is 17.5. The number of thiocarbonyl (C=S) groups is 1. The van der Waals surface area contributed by atoms with Crippen molar-refractivity contribution in [2.24, 2.45) is 0 Å². The van der Waals surface area contributed by atoms with Crippen LogP contribution < -0.4 is 63.6 Å². The van der Waals surface area contributed by atoms with Gasteiger partial charge in [0.2, 0.25) is 35.5 Å². The van der Waals surface area contributed by atoms with E-state index in [1.807, 2.05) is 0 Å². The first-order chi connectivity index (χ1) is 53.1. The van der Waals surface area contributed by atoms with Gasteiger partial charge in [-0.15, -0.1) is 5.10 Å². The molecule has 0 saturated carbocycles. The number of nitrogen functional groups attached to an aromatic ring is 1. The maximum atomic E-state index is 13.6. The zero-order chi connectivity index (χ0) is 79.6. The monoisotopic (exact) mass is 1540 g/mol. The molecule has 0 unspecified atom stereocenters. The van der Waals surface area contributed by atoms with E-state index in [2.05, 4.69) is 83.4 Å². The number of carboxylic acid groups (broad SMARTS) is 3. The van der Waals surface area contributed by atoms with Crippen LogP contribution in [0.2, 0.25) is 0 Å². The van der Waals surface area contributed by atoms with E-state index in [1.54, 1.807) is 86.8 Å². The number of hydrogen-bond donors (Lipinski definition) is 17. The van der Waals surface area contributed by atoms with Crippen LogP contribution in [0.5, 0.6) is 28.9 Å². The van der Waals surface area contributed by atoms with Gasteiger partial charge in [-0.2, -0.15) is 9.97 Å². The minimum absolute atomic E-state index is 0.00101. The van der Waals surface area contributed by atoms with E-state index in [1.165, 1.54) is 47.3 Å². The largest absolute Gasteiger partial charge is 0.508 e. The number of rotatable bonds is 35. The Labute approximate surface area is 635 Å². The summed E-state index contributed by atoms with van der Waals surface area (Å²) in [6, 6.07) is 19.9. The summed E-state index contributed by atoms with van der Waals surface area (Å²) >= 11 is 5.47. The molecular weight excluding hydrogens is 1470 g/mol. The minimum atomic E-state index is -2.00. The van der Waals surface area contributed by atoms with Crippen LogP contribution in [0.3, 0.4) is 0 Å². The molecule has 580 valence electrons. The lowest BCUT2D eigenvalue weighted by Gasteiger charge is -2.36. The molecule has 0 fully saturated rings. The predicted molar refractivity (Wildman–Crippen MR) is 394 cm³/mol. The number of anilines is 3. The molecule has 0 bridgehead atoms. The molecule has 5 heterocycles. The standard InChI is InChI=1S/C72H76N18O20S/c1-36(80-64(102)52(31-58(96)97)84-66(104)53(32-59(98)99)85-65(103)51(30-57(94)95)83-56(93)21-6-37(2)79-63(101)39-7-11-40(12-8-39)77-33-43-34-78-61-60(81-43)67(105)87-69(73)86-61)5-3-4-23-74-62(100)38-9-14-44(15-10-38)90-35-42(88-89-90)22-26-108-71(107)76-25-24-75-70(111)82-41-13-18-48-47(27-41)68(106)110-72(48)49-19-16-45(91)28-54(49)109-55-29-46(92)17-20-50(55)72/h7-20,27-29,34-37,51-53,77,91-92H,3-6,21-26,30-33H2,1-2H3,(H,74,100)(H,76,107)(H,79,101)(H,80,102)(H,83,93)(H,84,104)(H,85,103)(H,94,95)(H,96,97)(H,98,99)(H2,75,82,111)(H3,73,78,86,87,105)/t36-,37-,51+,52+,53+/m1/s1. The Kier molecular flexibility index (Phi) is 25.9. The van der Waals surface area contributed by atoms with Crippen molar-refractivity contribution in [3.63, 3.8) is 0 Å². The number of aromatic hydroxyl groups is 3. The second-order valence-corrected chi connectivity index (χ2v) is 26.1. The van der Waals surface area contributed by atoms with Crippen molar-refractivity contribution < 1.29 is 97.6 Å². The van der Waals surface area contributed by atoms with Crippen LogP contribution in [0.1, 0.15) is 124 Å². The van der Waals surface area contributed by atoms with Gasteiger partial charge in [-0.05, 0) is 137 Å². The van der Waals surface area contributed by atoms with Gasteiger partial charge in [-0.25, -0.2) is 24.2 Å². The van der Waals surface area contributed by atoms with Gasteiger partial charge >= 0.3 is 30.0 Å². The van der Waals surface area contributed by atoms with Crippen molar-refractivity contribution in [1.82, 2.24) is 77.5 Å². The number of ether oxygens (including phenoxy) is 3. The zero-order valence-corrected chi connectivity index (χ0v) is 60.1. The fraction of sp³-hybridized carbons (Fsp3) is 0.306. The quantitative estimate of drug-likeness (QED) is 0.0154. The number of aliphatic carboxylic acids is 3. The second kappa shape index (κ2) is 36.1. The van der Waals surface area contributed by atoms with E-state index in [-0.39, 0.29) is 114 Å². The summed E-state index contributed by atoms with van der Waals surface area (Å²) in [5.41, 5.74) is 9.20. The second-order valence-electron chi connectivity index (χ2n) is 25.7. The Morgan fingerprint density at radius 2 is 1.21 bits per heavy atom. The van der Waals surface area contributed by atoms with Gasteiger partial charge in [0.1, 0.15) is 41.1 Å². The smallest absolute Gasteiger partial charge is 0.407 e. The summed E-state index contributed by atoms with van der Waals surface area (Å²) in [4.78, 5) is 158. The SMILES string of the molecule is C[C@H](CCC(=O)N[C@@H](CC(=O)O)C(=O)N[C@@H](CC(=O)O)C(=O)N[C@@H](CC(=O)O)C(=O)N[C@H](C)CCCCNC(=O)c1ccc(-n2cc(CCOC(=O)NCCNC(=S)Nc3ccc4c(c3)C(=O)OC43c4ccc(O)cc4Oc4cc(O)ccc43)nn2)cc1)NC(=O)c1ccc(NCc2cnc3nc(N)nc(O)c3n2)cc1. The van der Waals surface area contributed by atoms with Crippen LogP contribution >= 0.6 is 12.2 Å². The number of nitrogens with two attached hydrogens (primary N) is 1. The zero-order valence-electron chi connectivity index (χ0n) is 59.3. The van der Waals surface area contributed by atoms with Crippen LogP contribution in [-0.4, -0.2) is 193 Å². The summed E-state index contributed by atoms with van der Waals surface area (Å²) < 4.78 is 18.9. The fourth-order valence-corrected chi connectivity index (χ4v) is 12.1. The molecule has 5 aromatic carbocycles. The number of nitrogens with one attached hydrogen (secondary N) is 10.